The number of hydrogen-bond acceptors (Lipinski definition) is 0. The third-order valence-electron chi connectivity index (χ3n) is 11.2. The Morgan fingerprint density at radius 3 is 1.17 bits per heavy atom. The Morgan fingerprint density at radius 2 is 0.776 bits per heavy atom. The van der Waals surface area contributed by atoms with Crippen molar-refractivity contribution in [2.75, 3.05) is 0 Å². The minimum absolute atomic E-state index is 0.224. The van der Waals surface area contributed by atoms with Crippen LogP contribution in [0.25, 0.3) is 86.9 Å². The van der Waals surface area contributed by atoms with E-state index in [2.05, 4.69) is 197 Å². The zero-order valence-corrected chi connectivity index (χ0v) is 38.7. The minimum atomic E-state index is -1.65. The van der Waals surface area contributed by atoms with Crippen molar-refractivity contribution in [3.63, 3.8) is 0 Å². The summed E-state index contributed by atoms with van der Waals surface area (Å²) >= 11 is -1.65. The Bertz CT molecular complexity index is 2870. The van der Waals surface area contributed by atoms with E-state index in [1.807, 2.05) is 0 Å². The monoisotopic (exact) mass is 884 g/mol. The molecule has 0 saturated carbocycles. The van der Waals surface area contributed by atoms with Gasteiger partial charge in [-0.05, 0) is 67.1 Å². The van der Waals surface area contributed by atoms with Crippen LogP contribution < -0.4 is 0 Å². The molecule has 10 aromatic rings. The number of halogens is 2. The van der Waals surface area contributed by atoms with Crippen molar-refractivity contribution in [2.45, 2.75) is 52.6 Å². The number of hydrogen-bond donors (Lipinski definition) is 0. The zero-order valence-electron chi connectivity index (χ0n) is 33.8. The maximum atomic E-state index is 5.62. The molecule has 0 fully saturated rings. The van der Waals surface area contributed by atoms with Crippen molar-refractivity contribution in [3.8, 4) is 22.3 Å². The molecule has 0 atom stereocenters. The molecule has 10 aromatic carbocycles. The number of rotatable bonds is 6. The number of fused-ring (bicyclic) bond motifs is 8. The van der Waals surface area contributed by atoms with Gasteiger partial charge in [0.25, 0.3) is 0 Å². The van der Waals surface area contributed by atoms with Crippen molar-refractivity contribution >= 4 is 87.1 Å². The van der Waals surface area contributed by atoms with Crippen LogP contribution in [-0.2, 0) is 30.8 Å². The van der Waals surface area contributed by atoms with Crippen LogP contribution in [0.2, 0.25) is 13.1 Å². The van der Waals surface area contributed by atoms with Gasteiger partial charge in [-0.1, -0.05) is 159 Å². The first kappa shape index (κ1) is 40.5. The second-order valence-corrected chi connectivity index (χ2v) is 38.5. The van der Waals surface area contributed by atoms with Crippen molar-refractivity contribution < 1.29 is 18.0 Å². The molecule has 0 nitrogen and oxygen atoms in total. The topological polar surface area (TPSA) is 0 Å². The molecule has 0 aromatic heterocycles. The van der Waals surface area contributed by atoms with Crippen LogP contribution in [0.15, 0.2) is 170 Å². The van der Waals surface area contributed by atoms with E-state index >= 15 is 0 Å². The summed E-state index contributed by atoms with van der Waals surface area (Å²) in [6.45, 7) is 8.82. The second kappa shape index (κ2) is 18.3. The van der Waals surface area contributed by atoms with Gasteiger partial charge in [0.1, 0.15) is 0 Å². The van der Waals surface area contributed by atoms with Crippen molar-refractivity contribution in [3.05, 3.63) is 181 Å². The van der Waals surface area contributed by atoms with E-state index in [0.717, 1.165) is 12.8 Å². The molecule has 0 unspecified atom stereocenters. The standard InChI is InChI=1S/2C26H21.C2H6Si.2ClH.Zr/c2*1-2-7-18-16-20-9-5-11-24(26(20)17-18)23-13-6-12-22-21-10-4-3-8-19(21)14-15-25(22)23;1-3-2;;;/h2*3-6,8-17H,2,7H2,1H3;1-2H3;2*1H;/q2*-1;;;;+2/p-2. The van der Waals surface area contributed by atoms with Gasteiger partial charge in [-0.3, -0.25) is 0 Å². The molecule has 0 spiro atoms. The van der Waals surface area contributed by atoms with Gasteiger partial charge < -0.3 is 0 Å². The molecule has 0 aliphatic rings. The summed E-state index contributed by atoms with van der Waals surface area (Å²) in [5.41, 5.74) is 8.00. The zero-order chi connectivity index (χ0) is 40.2. The average Bonchev–Trinajstić information content (AvgIpc) is 3.87. The molecule has 0 bridgehead atoms. The molecular weight excluding hydrogens is 839 g/mol. The Hall–Kier alpha value is -4.30. The van der Waals surface area contributed by atoms with E-state index in [4.69, 9.17) is 17.0 Å². The summed E-state index contributed by atoms with van der Waals surface area (Å²) in [7, 11) is 11.2. The second-order valence-electron chi connectivity index (χ2n) is 15.5. The molecule has 0 radical (unpaired) electrons. The normalized spacial score (nSPS) is 11.2. The molecule has 10 rings (SSSR count). The molecule has 4 heteroatoms. The van der Waals surface area contributed by atoms with Crippen molar-refractivity contribution in [1.29, 1.82) is 0 Å². The summed E-state index contributed by atoms with van der Waals surface area (Å²) in [5, 5.41) is 16.0. The van der Waals surface area contributed by atoms with E-state index in [-0.39, 0.29) is 5.43 Å². The first-order chi connectivity index (χ1) is 28.3. The molecule has 0 N–H and O–H groups in total. The quantitative estimate of drug-likeness (QED) is 0.0887. The molecule has 0 heterocycles. The Balaban J connectivity index is 0.000000142. The molecule has 0 aliphatic carbocycles. The van der Waals surface area contributed by atoms with Crippen LogP contribution in [-0.4, -0.2) is 5.43 Å². The third-order valence-corrected chi connectivity index (χ3v) is 31.0. The number of aryl methyl sites for hydroxylation is 2. The summed E-state index contributed by atoms with van der Waals surface area (Å²) in [6, 6.07) is 62.6. The van der Waals surface area contributed by atoms with Crippen LogP contribution in [0.3, 0.4) is 0 Å². The Labute approximate surface area is 358 Å². The van der Waals surface area contributed by atoms with Crippen LogP contribution >= 0.6 is 17.0 Å². The average molecular weight is 887 g/mol. The fraction of sp³-hybridized carbons (Fsp3) is 0.148. The van der Waals surface area contributed by atoms with E-state index in [9.17, 15) is 0 Å². The van der Waals surface area contributed by atoms with E-state index in [0.29, 0.717) is 0 Å². The van der Waals surface area contributed by atoms with Crippen LogP contribution in [0.5, 0.6) is 0 Å². The van der Waals surface area contributed by atoms with Gasteiger partial charge >= 0.3 is 53.5 Å². The van der Waals surface area contributed by atoms with Crippen molar-refractivity contribution in [2.24, 2.45) is 0 Å². The molecule has 288 valence electrons. The van der Waals surface area contributed by atoms with E-state index in [1.165, 1.54) is 111 Å². The molecule has 0 saturated heterocycles. The SMILES string of the molecule is CCCc1cc2c(-c3cccc4c3ccc3ccccc34)cccc2[cH-]1.CCCc1cc2c(-c3cccc4c3ccc3ccccc34)cccc2[cH-]1.C[Si](C)=[Zr]([Cl])[Cl]. The van der Waals surface area contributed by atoms with Gasteiger partial charge in [0.2, 0.25) is 0 Å². The Morgan fingerprint density at radius 1 is 0.414 bits per heavy atom. The van der Waals surface area contributed by atoms with Crippen LogP contribution in [0.4, 0.5) is 0 Å². The predicted octanol–water partition coefficient (Wildman–Crippen LogP) is 17.1. The Kier molecular flexibility index (Phi) is 12.8. The summed E-state index contributed by atoms with van der Waals surface area (Å²) < 4.78 is 0. The summed E-state index contributed by atoms with van der Waals surface area (Å²) in [4.78, 5) is 0. The number of benzene rings is 8. The van der Waals surface area contributed by atoms with Gasteiger partial charge in [-0.2, -0.15) is 12.1 Å². The predicted molar refractivity (Wildman–Crippen MR) is 257 cm³/mol. The molecule has 0 aliphatic heterocycles. The van der Waals surface area contributed by atoms with Crippen molar-refractivity contribution in [1.82, 2.24) is 0 Å². The summed E-state index contributed by atoms with van der Waals surface area (Å²) in [6.07, 6.45) is 4.67. The first-order valence-electron chi connectivity index (χ1n) is 20.5. The van der Waals surface area contributed by atoms with Gasteiger partial charge in [0.15, 0.2) is 0 Å². The van der Waals surface area contributed by atoms with Gasteiger partial charge in [-0.15, -0.1) is 69.1 Å². The van der Waals surface area contributed by atoms with Crippen LogP contribution in [0.1, 0.15) is 37.8 Å². The van der Waals surface area contributed by atoms with E-state index in [1.54, 1.807) is 0 Å². The first-order valence-corrected chi connectivity index (χ1v) is 33.0. The van der Waals surface area contributed by atoms with Gasteiger partial charge in [-0.25, -0.2) is 0 Å². The van der Waals surface area contributed by atoms with Gasteiger partial charge in [0, 0.05) is 0 Å². The fourth-order valence-electron chi connectivity index (χ4n) is 8.48. The summed E-state index contributed by atoms with van der Waals surface area (Å²) in [5.74, 6) is 0. The van der Waals surface area contributed by atoms with Crippen LogP contribution in [0, 0.1) is 0 Å². The van der Waals surface area contributed by atoms with E-state index < -0.39 is 18.0 Å². The molecular formula is C54H48Cl2SiZr-2. The third kappa shape index (κ3) is 8.41. The molecule has 58 heavy (non-hydrogen) atoms. The fourth-order valence-corrected chi connectivity index (χ4v) is 8.48. The maximum absolute atomic E-state index is 5.62. The molecule has 0 amide bonds. The van der Waals surface area contributed by atoms with Gasteiger partial charge in [0.05, 0.1) is 0 Å².